The van der Waals surface area contributed by atoms with E-state index in [9.17, 15) is 0 Å². The first-order valence-corrected chi connectivity index (χ1v) is 10.9. The minimum absolute atomic E-state index is 0.506. The van der Waals surface area contributed by atoms with E-state index in [0.717, 1.165) is 50.7 Å². The summed E-state index contributed by atoms with van der Waals surface area (Å²) in [5.41, 5.74) is 2.56. The summed E-state index contributed by atoms with van der Waals surface area (Å²) in [6, 6.07) is 10.8. The van der Waals surface area contributed by atoms with Gasteiger partial charge < -0.3 is 19.5 Å². The molecule has 1 N–H and O–H groups in total. The fourth-order valence-corrected chi connectivity index (χ4v) is 3.70. The number of benzene rings is 1. The van der Waals surface area contributed by atoms with E-state index in [0.29, 0.717) is 24.5 Å². The molecule has 0 bridgehead atoms. The van der Waals surface area contributed by atoms with Crippen molar-refractivity contribution in [3.63, 3.8) is 0 Å². The molecule has 2 aliphatic rings. The van der Waals surface area contributed by atoms with E-state index in [4.69, 9.17) is 14.2 Å². The average Bonchev–Trinajstić information content (AvgIpc) is 3.47. The van der Waals surface area contributed by atoms with Gasteiger partial charge in [-0.3, -0.25) is 4.98 Å². The highest BCUT2D eigenvalue weighted by Crippen LogP contribution is 2.49. The SMILES string of the molecule is Cc1ccc(OCCCOCC[C@@H]2C[C@@H]2c2cncc(OC[C@@H]3CCN3)c2)cc1. The number of hydrogen-bond acceptors (Lipinski definition) is 5. The van der Waals surface area contributed by atoms with Crippen molar-refractivity contribution in [3.8, 4) is 11.5 Å². The van der Waals surface area contributed by atoms with Gasteiger partial charge in [-0.2, -0.15) is 0 Å². The standard InChI is InChI=1S/C24H32N2O3/c1-18-3-5-22(6-4-18)28-11-2-10-27-12-8-19-14-24(19)20-13-23(16-25-15-20)29-17-21-7-9-26-21/h3-6,13,15-16,19,21,24,26H,2,7-12,14,17H2,1H3/t19-,21+,24+/m1/s1. The summed E-state index contributed by atoms with van der Waals surface area (Å²) >= 11 is 0. The monoisotopic (exact) mass is 396 g/mol. The maximum Gasteiger partial charge on any atom is 0.137 e. The Kier molecular flexibility index (Phi) is 7.01. The molecule has 5 heteroatoms. The molecule has 1 aliphatic carbocycles. The average molecular weight is 397 g/mol. The van der Waals surface area contributed by atoms with Gasteiger partial charge in [-0.25, -0.2) is 0 Å². The number of pyridine rings is 1. The lowest BCUT2D eigenvalue weighted by molar-refractivity contribution is 0.114. The van der Waals surface area contributed by atoms with Gasteiger partial charge in [-0.05, 0) is 68.3 Å². The molecule has 4 rings (SSSR count). The van der Waals surface area contributed by atoms with Crippen LogP contribution in [0, 0.1) is 12.8 Å². The smallest absolute Gasteiger partial charge is 0.137 e. The lowest BCUT2D eigenvalue weighted by Gasteiger charge is -2.27. The molecule has 3 atom stereocenters. The summed E-state index contributed by atoms with van der Waals surface area (Å²) in [4.78, 5) is 4.37. The quantitative estimate of drug-likeness (QED) is 0.547. The van der Waals surface area contributed by atoms with Crippen molar-refractivity contribution in [1.29, 1.82) is 0 Å². The van der Waals surface area contributed by atoms with E-state index in [-0.39, 0.29) is 0 Å². The Bertz CT molecular complexity index is 761. The Balaban J connectivity index is 1.07. The third-order valence-electron chi connectivity index (χ3n) is 5.82. The second kappa shape index (κ2) is 10.1. The highest BCUT2D eigenvalue weighted by Gasteiger charge is 2.38. The van der Waals surface area contributed by atoms with E-state index in [1.165, 1.54) is 24.0 Å². The van der Waals surface area contributed by atoms with Crippen LogP contribution in [0.25, 0.3) is 0 Å². The van der Waals surface area contributed by atoms with Crippen LogP contribution in [0.5, 0.6) is 11.5 Å². The van der Waals surface area contributed by atoms with Crippen molar-refractivity contribution >= 4 is 0 Å². The fraction of sp³-hybridized carbons (Fsp3) is 0.542. The van der Waals surface area contributed by atoms with E-state index in [1.54, 1.807) is 0 Å². The predicted molar refractivity (Wildman–Crippen MR) is 114 cm³/mol. The van der Waals surface area contributed by atoms with Crippen LogP contribution in [0.2, 0.25) is 0 Å². The summed E-state index contributed by atoms with van der Waals surface area (Å²) in [6.07, 6.45) is 8.27. The first-order valence-electron chi connectivity index (χ1n) is 10.9. The van der Waals surface area contributed by atoms with Crippen molar-refractivity contribution in [2.45, 2.75) is 44.6 Å². The van der Waals surface area contributed by atoms with Crippen molar-refractivity contribution in [2.24, 2.45) is 5.92 Å². The molecule has 29 heavy (non-hydrogen) atoms. The predicted octanol–water partition coefficient (Wildman–Crippen LogP) is 4.11. The lowest BCUT2D eigenvalue weighted by atomic mass is 10.1. The molecule has 0 spiro atoms. The molecule has 0 radical (unpaired) electrons. The Morgan fingerprint density at radius 1 is 1.03 bits per heavy atom. The maximum absolute atomic E-state index is 5.88. The molecule has 1 aromatic heterocycles. The van der Waals surface area contributed by atoms with Crippen LogP contribution in [0.3, 0.4) is 0 Å². The zero-order valence-corrected chi connectivity index (χ0v) is 17.3. The number of aromatic nitrogens is 1. The summed E-state index contributed by atoms with van der Waals surface area (Å²) < 4.78 is 17.4. The number of ether oxygens (including phenoxy) is 3. The second-order valence-corrected chi connectivity index (χ2v) is 8.22. The normalized spacial score (nSPS) is 22.7. The molecule has 2 fully saturated rings. The van der Waals surface area contributed by atoms with Crippen molar-refractivity contribution in [3.05, 3.63) is 53.9 Å². The molecule has 1 saturated carbocycles. The summed E-state index contributed by atoms with van der Waals surface area (Å²) in [6.45, 7) is 6.20. The molecule has 2 aromatic rings. The van der Waals surface area contributed by atoms with E-state index in [2.05, 4.69) is 35.4 Å². The van der Waals surface area contributed by atoms with Gasteiger partial charge in [0, 0.05) is 31.9 Å². The van der Waals surface area contributed by atoms with Gasteiger partial charge in [0.2, 0.25) is 0 Å². The Morgan fingerprint density at radius 2 is 1.90 bits per heavy atom. The molecule has 1 aromatic carbocycles. The van der Waals surface area contributed by atoms with Gasteiger partial charge >= 0.3 is 0 Å². The number of rotatable bonds is 12. The topological polar surface area (TPSA) is 52.6 Å². The van der Waals surface area contributed by atoms with Gasteiger partial charge in [0.15, 0.2) is 0 Å². The van der Waals surface area contributed by atoms with Crippen molar-refractivity contribution in [1.82, 2.24) is 10.3 Å². The van der Waals surface area contributed by atoms with Crippen LogP contribution >= 0.6 is 0 Å². The Morgan fingerprint density at radius 3 is 2.69 bits per heavy atom. The second-order valence-electron chi connectivity index (χ2n) is 8.22. The minimum atomic E-state index is 0.506. The maximum atomic E-state index is 5.88. The molecular weight excluding hydrogens is 364 g/mol. The highest BCUT2D eigenvalue weighted by molar-refractivity contribution is 5.30. The van der Waals surface area contributed by atoms with Crippen molar-refractivity contribution in [2.75, 3.05) is 33.0 Å². The van der Waals surface area contributed by atoms with Gasteiger partial charge in [0.05, 0.1) is 12.8 Å². The van der Waals surface area contributed by atoms with Crippen LogP contribution < -0.4 is 14.8 Å². The van der Waals surface area contributed by atoms with Gasteiger partial charge in [0.1, 0.15) is 18.1 Å². The van der Waals surface area contributed by atoms with E-state index in [1.807, 2.05) is 24.5 Å². The Labute approximate surface area is 173 Å². The first-order chi connectivity index (χ1) is 14.3. The highest BCUT2D eigenvalue weighted by atomic mass is 16.5. The van der Waals surface area contributed by atoms with E-state index >= 15 is 0 Å². The van der Waals surface area contributed by atoms with E-state index < -0.39 is 0 Å². The third kappa shape index (κ3) is 6.18. The minimum Gasteiger partial charge on any atom is -0.494 e. The largest absolute Gasteiger partial charge is 0.494 e. The van der Waals surface area contributed by atoms with Gasteiger partial charge in [0.25, 0.3) is 0 Å². The number of nitrogens with one attached hydrogen (secondary N) is 1. The molecule has 156 valence electrons. The number of hydrogen-bond donors (Lipinski definition) is 1. The number of nitrogens with zero attached hydrogens (tertiary/aromatic N) is 1. The summed E-state index contributed by atoms with van der Waals surface area (Å²) in [7, 11) is 0. The molecule has 1 aliphatic heterocycles. The molecule has 1 saturated heterocycles. The van der Waals surface area contributed by atoms with Crippen LogP contribution in [0.1, 0.15) is 42.7 Å². The summed E-state index contributed by atoms with van der Waals surface area (Å²) in [5, 5.41) is 3.36. The van der Waals surface area contributed by atoms with Crippen molar-refractivity contribution < 1.29 is 14.2 Å². The first kappa shape index (κ1) is 20.2. The fourth-order valence-electron chi connectivity index (χ4n) is 3.70. The molecule has 0 unspecified atom stereocenters. The number of aryl methyl sites for hydroxylation is 1. The van der Waals surface area contributed by atoms with Crippen LogP contribution in [0.4, 0.5) is 0 Å². The third-order valence-corrected chi connectivity index (χ3v) is 5.82. The lowest BCUT2D eigenvalue weighted by Crippen LogP contribution is -2.46. The molecular formula is C24H32N2O3. The molecule has 2 heterocycles. The zero-order valence-electron chi connectivity index (χ0n) is 17.3. The Hall–Kier alpha value is -2.11. The van der Waals surface area contributed by atoms with Gasteiger partial charge in [-0.1, -0.05) is 17.7 Å². The van der Waals surface area contributed by atoms with Crippen LogP contribution in [0.15, 0.2) is 42.7 Å². The van der Waals surface area contributed by atoms with Crippen LogP contribution in [-0.4, -0.2) is 44.0 Å². The van der Waals surface area contributed by atoms with Gasteiger partial charge in [-0.15, -0.1) is 0 Å². The summed E-state index contributed by atoms with van der Waals surface area (Å²) in [5.74, 6) is 3.15. The zero-order chi connectivity index (χ0) is 19.9. The molecule has 0 amide bonds. The molecule has 5 nitrogen and oxygen atoms in total. The van der Waals surface area contributed by atoms with Crippen LogP contribution in [-0.2, 0) is 4.74 Å².